The lowest BCUT2D eigenvalue weighted by atomic mass is 9.95. The minimum Gasteiger partial charge on any atom is -0.439 e. The number of rotatable bonds is 5. The molecule has 0 fully saturated rings. The highest BCUT2D eigenvalue weighted by molar-refractivity contribution is 5.77. The molecule has 0 radical (unpaired) electrons. The summed E-state index contributed by atoms with van der Waals surface area (Å²) in [5.41, 5.74) is -2.23. The fraction of sp³-hybridized carbons (Fsp3) is 0.167. The highest BCUT2D eigenvalue weighted by Crippen LogP contribution is 2.37. The Hall–Kier alpha value is -3.72. The van der Waals surface area contributed by atoms with Crippen LogP contribution in [0.5, 0.6) is 0 Å². The van der Waals surface area contributed by atoms with Gasteiger partial charge in [-0.2, -0.15) is 0 Å². The Labute approximate surface area is 185 Å². The molecule has 0 bridgehead atoms. The Morgan fingerprint density at radius 2 is 1.70 bits per heavy atom. The molecule has 0 aliphatic rings. The minimum atomic E-state index is -0.963. The van der Waals surface area contributed by atoms with Gasteiger partial charge in [0.2, 0.25) is 5.89 Å². The largest absolute Gasteiger partial charge is 0.439 e. The van der Waals surface area contributed by atoms with Gasteiger partial charge in [0, 0.05) is 29.5 Å². The van der Waals surface area contributed by atoms with Gasteiger partial charge in [0.05, 0.1) is 12.0 Å². The van der Waals surface area contributed by atoms with Gasteiger partial charge in [-0.1, -0.05) is 6.07 Å². The first-order valence-electron chi connectivity index (χ1n) is 9.87. The number of aliphatic hydroxyl groups excluding tert-OH is 1. The third kappa shape index (κ3) is 4.07. The summed E-state index contributed by atoms with van der Waals surface area (Å²) in [4.78, 5) is 16.7. The topological polar surface area (TPSA) is 68.3 Å². The molecule has 0 aliphatic carbocycles. The van der Waals surface area contributed by atoms with E-state index in [1.54, 1.807) is 13.8 Å². The molecule has 5 nitrogen and oxygen atoms in total. The van der Waals surface area contributed by atoms with Crippen molar-refractivity contribution in [2.24, 2.45) is 0 Å². The number of oxazole rings is 1. The summed E-state index contributed by atoms with van der Waals surface area (Å²) < 4.78 is 63.4. The third-order valence-corrected chi connectivity index (χ3v) is 5.14. The molecule has 9 heteroatoms. The highest BCUT2D eigenvalue weighted by Gasteiger charge is 2.30. The van der Waals surface area contributed by atoms with Gasteiger partial charge in [0.25, 0.3) is 5.56 Å². The van der Waals surface area contributed by atoms with E-state index in [0.29, 0.717) is 6.07 Å². The first kappa shape index (κ1) is 22.5. The molecular formula is C24H18F4N2O3. The maximum atomic E-state index is 14.6. The molecule has 0 saturated heterocycles. The third-order valence-electron chi connectivity index (χ3n) is 5.14. The van der Waals surface area contributed by atoms with Crippen LogP contribution in [0.1, 0.15) is 19.7 Å². The Balaban J connectivity index is 1.98. The number of aliphatic hydroxyl groups is 1. The summed E-state index contributed by atoms with van der Waals surface area (Å²) in [6, 6.07) is 8.49. The van der Waals surface area contributed by atoms with Crippen molar-refractivity contribution in [3.05, 3.63) is 94.2 Å². The Bertz CT molecular complexity index is 1390. The SMILES string of the molecule is CC(C)(CO)c1nc(-c2ccc(F)cc2F)c(-c2ccc(=O)n(-c3c(F)cccc3F)c2)o1. The number of para-hydroxylation sites is 1. The lowest BCUT2D eigenvalue weighted by Crippen LogP contribution is -2.22. The zero-order valence-electron chi connectivity index (χ0n) is 17.6. The lowest BCUT2D eigenvalue weighted by molar-refractivity contribution is 0.193. The van der Waals surface area contributed by atoms with Crippen LogP contribution in [0.4, 0.5) is 17.6 Å². The van der Waals surface area contributed by atoms with E-state index < -0.39 is 39.9 Å². The maximum absolute atomic E-state index is 14.6. The molecule has 2 aromatic carbocycles. The Morgan fingerprint density at radius 1 is 1.00 bits per heavy atom. The number of nitrogens with zero attached hydrogens (tertiary/aromatic N) is 2. The summed E-state index contributed by atoms with van der Waals surface area (Å²) >= 11 is 0. The summed E-state index contributed by atoms with van der Waals surface area (Å²) in [5.74, 6) is -3.60. The molecule has 2 aromatic heterocycles. The smallest absolute Gasteiger partial charge is 0.255 e. The standard InChI is InChI=1S/C24H18F4N2O3/c1-24(2,12-31)23-29-20(15-8-7-14(25)10-18(15)28)22(33-23)13-6-9-19(32)30(11-13)21-16(26)4-3-5-17(21)27/h3-11,31H,12H2,1-2H3. The number of pyridine rings is 1. The van der Waals surface area contributed by atoms with Crippen molar-refractivity contribution < 1.29 is 27.1 Å². The summed E-state index contributed by atoms with van der Waals surface area (Å²) in [6.07, 6.45) is 1.14. The van der Waals surface area contributed by atoms with Crippen molar-refractivity contribution in [3.8, 4) is 28.3 Å². The predicted octanol–water partition coefficient (Wildman–Crippen LogP) is 4.99. The monoisotopic (exact) mass is 458 g/mol. The van der Waals surface area contributed by atoms with Crippen molar-refractivity contribution >= 4 is 0 Å². The first-order chi connectivity index (χ1) is 15.6. The second-order valence-electron chi connectivity index (χ2n) is 8.06. The molecule has 0 spiro atoms. The average Bonchev–Trinajstić information content (AvgIpc) is 3.21. The van der Waals surface area contributed by atoms with Crippen LogP contribution in [0.2, 0.25) is 0 Å². The van der Waals surface area contributed by atoms with Crippen LogP contribution in [0.15, 0.2) is 63.9 Å². The Morgan fingerprint density at radius 3 is 2.33 bits per heavy atom. The van der Waals surface area contributed by atoms with Crippen molar-refractivity contribution in [1.29, 1.82) is 0 Å². The second kappa shape index (κ2) is 8.32. The maximum Gasteiger partial charge on any atom is 0.255 e. The van der Waals surface area contributed by atoms with Crippen LogP contribution >= 0.6 is 0 Å². The van der Waals surface area contributed by atoms with Gasteiger partial charge in [-0.3, -0.25) is 9.36 Å². The van der Waals surface area contributed by atoms with Gasteiger partial charge in [-0.25, -0.2) is 22.5 Å². The van der Waals surface area contributed by atoms with Gasteiger partial charge in [-0.05, 0) is 44.2 Å². The quantitative estimate of drug-likeness (QED) is 0.428. The lowest BCUT2D eigenvalue weighted by Gasteiger charge is -2.16. The number of aromatic nitrogens is 2. The van der Waals surface area contributed by atoms with Gasteiger partial charge >= 0.3 is 0 Å². The second-order valence-corrected chi connectivity index (χ2v) is 8.06. The van der Waals surface area contributed by atoms with Crippen molar-refractivity contribution in [2.45, 2.75) is 19.3 Å². The molecule has 0 unspecified atom stereocenters. The number of hydrogen-bond acceptors (Lipinski definition) is 4. The molecule has 4 aromatic rings. The highest BCUT2D eigenvalue weighted by atomic mass is 19.1. The fourth-order valence-corrected chi connectivity index (χ4v) is 3.25. The van der Waals surface area contributed by atoms with E-state index in [9.17, 15) is 27.5 Å². The molecule has 0 atom stereocenters. The zero-order valence-corrected chi connectivity index (χ0v) is 17.6. The van der Waals surface area contributed by atoms with Crippen LogP contribution in [0, 0.1) is 23.3 Å². The first-order valence-corrected chi connectivity index (χ1v) is 9.87. The van der Waals surface area contributed by atoms with E-state index in [1.807, 2.05) is 0 Å². The zero-order chi connectivity index (χ0) is 23.9. The van der Waals surface area contributed by atoms with E-state index in [0.717, 1.165) is 41.1 Å². The Kier molecular flexibility index (Phi) is 5.67. The molecule has 0 amide bonds. The molecule has 1 N–H and O–H groups in total. The van der Waals surface area contributed by atoms with E-state index >= 15 is 0 Å². The molecular weight excluding hydrogens is 440 g/mol. The molecule has 33 heavy (non-hydrogen) atoms. The van der Waals surface area contributed by atoms with Gasteiger partial charge < -0.3 is 9.52 Å². The summed E-state index contributed by atoms with van der Waals surface area (Å²) in [5, 5.41) is 9.72. The van der Waals surface area contributed by atoms with E-state index in [1.165, 1.54) is 12.1 Å². The number of halogens is 4. The van der Waals surface area contributed by atoms with Gasteiger partial charge in [0.1, 0.15) is 34.7 Å². The van der Waals surface area contributed by atoms with E-state index in [2.05, 4.69) is 4.98 Å². The van der Waals surface area contributed by atoms with E-state index in [-0.39, 0.29) is 35.1 Å². The minimum absolute atomic E-state index is 0.0248. The van der Waals surface area contributed by atoms with Crippen LogP contribution in [-0.4, -0.2) is 21.3 Å². The van der Waals surface area contributed by atoms with E-state index in [4.69, 9.17) is 4.42 Å². The molecule has 2 heterocycles. The van der Waals surface area contributed by atoms with Crippen molar-refractivity contribution in [3.63, 3.8) is 0 Å². The van der Waals surface area contributed by atoms with Crippen LogP contribution in [-0.2, 0) is 5.41 Å². The van der Waals surface area contributed by atoms with Crippen LogP contribution in [0.3, 0.4) is 0 Å². The van der Waals surface area contributed by atoms with Crippen molar-refractivity contribution in [2.75, 3.05) is 6.61 Å². The summed E-state index contributed by atoms with van der Waals surface area (Å²) in [6.45, 7) is 2.93. The molecule has 4 rings (SSSR count). The molecule has 0 saturated carbocycles. The van der Waals surface area contributed by atoms with Crippen molar-refractivity contribution in [1.82, 2.24) is 9.55 Å². The fourth-order valence-electron chi connectivity index (χ4n) is 3.25. The number of benzene rings is 2. The molecule has 0 aliphatic heterocycles. The predicted molar refractivity (Wildman–Crippen MR) is 113 cm³/mol. The van der Waals surface area contributed by atoms with Gasteiger partial charge in [-0.15, -0.1) is 0 Å². The summed E-state index contributed by atoms with van der Waals surface area (Å²) in [7, 11) is 0. The average molecular weight is 458 g/mol. The van der Waals surface area contributed by atoms with Crippen LogP contribution in [0.25, 0.3) is 28.3 Å². The molecule has 170 valence electrons. The van der Waals surface area contributed by atoms with Gasteiger partial charge in [0.15, 0.2) is 5.76 Å². The normalized spacial score (nSPS) is 11.7. The van der Waals surface area contributed by atoms with Crippen LogP contribution < -0.4 is 5.56 Å². The number of hydrogen-bond donors (Lipinski definition) is 1.